The molecular formula is C19H13Cl2N3OS. The SMILES string of the molecule is NC1=NC(=O)/C(=C\c2cn(Cc3ccc(Cl)cc3Cl)c3ccccc23)S1. The molecule has 4 nitrogen and oxygen atoms in total. The van der Waals surface area contributed by atoms with Crippen molar-refractivity contribution in [2.75, 3.05) is 0 Å². The first kappa shape index (κ1) is 17.2. The first-order valence-corrected chi connectivity index (χ1v) is 9.38. The molecule has 0 radical (unpaired) electrons. The van der Waals surface area contributed by atoms with E-state index in [1.54, 1.807) is 6.07 Å². The van der Waals surface area contributed by atoms with Crippen molar-refractivity contribution >= 4 is 63.0 Å². The molecule has 1 amide bonds. The van der Waals surface area contributed by atoms with E-state index in [-0.39, 0.29) is 11.1 Å². The van der Waals surface area contributed by atoms with Gasteiger partial charge in [0, 0.05) is 39.3 Å². The second kappa shape index (κ2) is 6.83. The molecule has 2 aromatic carbocycles. The maximum Gasteiger partial charge on any atom is 0.286 e. The number of nitrogens with two attached hydrogens (primary N) is 1. The van der Waals surface area contributed by atoms with E-state index >= 15 is 0 Å². The zero-order chi connectivity index (χ0) is 18.3. The molecule has 0 saturated heterocycles. The zero-order valence-electron chi connectivity index (χ0n) is 13.4. The van der Waals surface area contributed by atoms with Crippen LogP contribution in [0.2, 0.25) is 10.0 Å². The molecule has 4 rings (SSSR count). The molecule has 0 atom stereocenters. The van der Waals surface area contributed by atoms with E-state index in [2.05, 4.69) is 9.56 Å². The van der Waals surface area contributed by atoms with E-state index in [1.165, 1.54) is 11.8 Å². The molecular weight excluding hydrogens is 389 g/mol. The summed E-state index contributed by atoms with van der Waals surface area (Å²) in [4.78, 5) is 16.2. The number of nitrogens with zero attached hydrogens (tertiary/aromatic N) is 2. The number of para-hydroxylation sites is 1. The summed E-state index contributed by atoms with van der Waals surface area (Å²) in [5, 5.41) is 2.55. The number of hydrogen-bond acceptors (Lipinski definition) is 3. The van der Waals surface area contributed by atoms with Gasteiger partial charge in [-0.05, 0) is 41.6 Å². The normalized spacial score (nSPS) is 15.8. The van der Waals surface area contributed by atoms with Crippen LogP contribution in [-0.2, 0) is 11.3 Å². The average Bonchev–Trinajstić information content (AvgIpc) is 3.11. The monoisotopic (exact) mass is 401 g/mol. The van der Waals surface area contributed by atoms with Gasteiger partial charge in [-0.2, -0.15) is 4.99 Å². The number of fused-ring (bicyclic) bond motifs is 1. The van der Waals surface area contributed by atoms with Crippen LogP contribution in [0, 0.1) is 0 Å². The van der Waals surface area contributed by atoms with Gasteiger partial charge in [-0.15, -0.1) is 0 Å². The molecule has 26 heavy (non-hydrogen) atoms. The van der Waals surface area contributed by atoms with Crippen LogP contribution in [0.1, 0.15) is 11.1 Å². The topological polar surface area (TPSA) is 60.4 Å². The van der Waals surface area contributed by atoms with Crippen LogP contribution in [0.15, 0.2) is 58.6 Å². The summed E-state index contributed by atoms with van der Waals surface area (Å²) in [6.07, 6.45) is 3.84. The summed E-state index contributed by atoms with van der Waals surface area (Å²) in [6, 6.07) is 13.5. The van der Waals surface area contributed by atoms with Crippen LogP contribution < -0.4 is 5.73 Å². The summed E-state index contributed by atoms with van der Waals surface area (Å²) in [6.45, 7) is 0.597. The lowest BCUT2D eigenvalue weighted by Crippen LogP contribution is -2.01. The number of benzene rings is 2. The van der Waals surface area contributed by atoms with Gasteiger partial charge < -0.3 is 10.3 Å². The number of amides is 1. The molecule has 0 fully saturated rings. The summed E-state index contributed by atoms with van der Waals surface area (Å²) in [7, 11) is 0. The van der Waals surface area contributed by atoms with Crippen molar-refractivity contribution < 1.29 is 4.79 Å². The van der Waals surface area contributed by atoms with E-state index in [1.807, 2.05) is 48.7 Å². The molecule has 7 heteroatoms. The van der Waals surface area contributed by atoms with Crippen molar-refractivity contribution in [3.05, 3.63) is 74.7 Å². The molecule has 1 aromatic heterocycles. The van der Waals surface area contributed by atoms with E-state index in [9.17, 15) is 4.79 Å². The maximum atomic E-state index is 11.9. The number of halogens is 2. The lowest BCUT2D eigenvalue weighted by Gasteiger charge is -2.08. The molecule has 130 valence electrons. The molecule has 0 saturated carbocycles. The number of hydrogen-bond donors (Lipinski definition) is 1. The smallest absolute Gasteiger partial charge is 0.286 e. The number of aliphatic imine (C=N–C) groups is 1. The first-order chi connectivity index (χ1) is 12.5. The third-order valence-electron chi connectivity index (χ3n) is 4.10. The number of thioether (sulfide) groups is 1. The molecule has 0 aliphatic carbocycles. The Morgan fingerprint density at radius 1 is 1.19 bits per heavy atom. The summed E-state index contributed by atoms with van der Waals surface area (Å²) in [5.41, 5.74) is 8.59. The van der Waals surface area contributed by atoms with E-state index in [4.69, 9.17) is 28.9 Å². The molecule has 2 heterocycles. The fourth-order valence-corrected chi connectivity index (χ4v) is 4.06. The Morgan fingerprint density at radius 3 is 2.73 bits per heavy atom. The van der Waals surface area contributed by atoms with Gasteiger partial charge in [0.1, 0.15) is 0 Å². The number of amidine groups is 1. The second-order valence-corrected chi connectivity index (χ2v) is 7.74. The van der Waals surface area contributed by atoms with E-state index < -0.39 is 0 Å². The van der Waals surface area contributed by atoms with Crippen LogP contribution in [0.5, 0.6) is 0 Å². The highest BCUT2D eigenvalue weighted by Crippen LogP contribution is 2.31. The van der Waals surface area contributed by atoms with Crippen LogP contribution in [-0.4, -0.2) is 15.6 Å². The molecule has 0 bridgehead atoms. The van der Waals surface area contributed by atoms with Crippen molar-refractivity contribution in [2.24, 2.45) is 10.7 Å². The van der Waals surface area contributed by atoms with Crippen LogP contribution in [0.4, 0.5) is 0 Å². The number of rotatable bonds is 3. The fourth-order valence-electron chi connectivity index (χ4n) is 2.92. The Labute approximate surface area is 164 Å². The Morgan fingerprint density at radius 2 is 2.00 bits per heavy atom. The standard InChI is InChI=1S/C19H13Cl2N3OS/c20-13-6-5-11(15(21)8-13)9-24-10-12(14-3-1-2-4-16(14)24)7-17-18(25)23-19(22)26-17/h1-8,10H,9H2,(H2,22,23,25)/b17-7+. The van der Waals surface area contributed by atoms with Crippen LogP contribution in [0.3, 0.4) is 0 Å². The largest absolute Gasteiger partial charge is 0.378 e. The van der Waals surface area contributed by atoms with Crippen molar-refractivity contribution in [1.82, 2.24) is 4.57 Å². The minimum Gasteiger partial charge on any atom is -0.378 e. The van der Waals surface area contributed by atoms with Gasteiger partial charge in [-0.3, -0.25) is 4.79 Å². The first-order valence-electron chi connectivity index (χ1n) is 7.81. The highest BCUT2D eigenvalue weighted by Gasteiger charge is 2.20. The molecule has 1 aliphatic rings. The summed E-state index contributed by atoms with van der Waals surface area (Å²) >= 11 is 13.5. The molecule has 3 aromatic rings. The van der Waals surface area contributed by atoms with Gasteiger partial charge in [0.25, 0.3) is 5.91 Å². The molecule has 1 aliphatic heterocycles. The van der Waals surface area contributed by atoms with Gasteiger partial charge >= 0.3 is 0 Å². The quantitative estimate of drug-likeness (QED) is 0.633. The molecule has 0 spiro atoms. The summed E-state index contributed by atoms with van der Waals surface area (Å²) < 4.78 is 2.10. The van der Waals surface area contributed by atoms with Gasteiger partial charge in [-0.1, -0.05) is 47.5 Å². The minimum atomic E-state index is -0.301. The molecule has 0 unspecified atom stereocenters. The Kier molecular flexibility index (Phi) is 4.53. The van der Waals surface area contributed by atoms with E-state index in [0.29, 0.717) is 21.5 Å². The minimum absolute atomic E-state index is 0.276. The Bertz CT molecular complexity index is 1100. The van der Waals surface area contributed by atoms with Crippen molar-refractivity contribution in [3.8, 4) is 0 Å². The lowest BCUT2D eigenvalue weighted by molar-refractivity contribution is -0.113. The van der Waals surface area contributed by atoms with Crippen LogP contribution in [0.25, 0.3) is 17.0 Å². The highest BCUT2D eigenvalue weighted by atomic mass is 35.5. The number of aromatic nitrogens is 1. The van der Waals surface area contributed by atoms with Gasteiger partial charge in [0.05, 0.1) is 4.91 Å². The maximum absolute atomic E-state index is 11.9. The van der Waals surface area contributed by atoms with Gasteiger partial charge in [0.15, 0.2) is 5.17 Å². The zero-order valence-corrected chi connectivity index (χ0v) is 15.8. The lowest BCUT2D eigenvalue weighted by atomic mass is 10.1. The van der Waals surface area contributed by atoms with Gasteiger partial charge in [-0.25, -0.2) is 0 Å². The summed E-state index contributed by atoms with van der Waals surface area (Å²) in [5.74, 6) is -0.301. The highest BCUT2D eigenvalue weighted by molar-refractivity contribution is 8.18. The Balaban J connectivity index is 1.77. The number of carbonyl (C=O) groups excluding carboxylic acids is 1. The third-order valence-corrected chi connectivity index (χ3v) is 5.50. The Hall–Kier alpha value is -2.21. The predicted molar refractivity (Wildman–Crippen MR) is 110 cm³/mol. The number of carbonyl (C=O) groups is 1. The third kappa shape index (κ3) is 3.26. The van der Waals surface area contributed by atoms with Crippen molar-refractivity contribution in [3.63, 3.8) is 0 Å². The molecule has 2 N–H and O–H groups in total. The van der Waals surface area contributed by atoms with Crippen molar-refractivity contribution in [2.45, 2.75) is 6.54 Å². The van der Waals surface area contributed by atoms with E-state index in [0.717, 1.165) is 22.0 Å². The van der Waals surface area contributed by atoms with Crippen molar-refractivity contribution in [1.29, 1.82) is 0 Å². The second-order valence-electron chi connectivity index (χ2n) is 5.83. The van der Waals surface area contributed by atoms with Crippen LogP contribution >= 0.6 is 35.0 Å². The fraction of sp³-hybridized carbons (Fsp3) is 0.0526. The predicted octanol–water partition coefficient (Wildman–Crippen LogP) is 4.93. The average molecular weight is 402 g/mol. The van der Waals surface area contributed by atoms with Gasteiger partial charge in [0.2, 0.25) is 0 Å².